The second kappa shape index (κ2) is 2.57. The fourth-order valence-electron chi connectivity index (χ4n) is 0.728. The van der Waals surface area contributed by atoms with E-state index in [1.807, 2.05) is 0 Å². The van der Waals surface area contributed by atoms with Crippen molar-refractivity contribution in [2.75, 3.05) is 7.11 Å². The highest BCUT2D eigenvalue weighted by Gasteiger charge is 2.33. The molecule has 60 valence electrons. The zero-order valence-corrected chi connectivity index (χ0v) is 5.80. The summed E-state index contributed by atoms with van der Waals surface area (Å²) in [5.41, 5.74) is 0. The zero-order chi connectivity index (χ0) is 8.43. The van der Waals surface area contributed by atoms with Gasteiger partial charge in [0.1, 0.15) is 5.84 Å². The molecule has 0 radical (unpaired) electrons. The van der Waals surface area contributed by atoms with Gasteiger partial charge in [-0.3, -0.25) is 10.7 Å². The molecule has 2 amide bonds. The van der Waals surface area contributed by atoms with E-state index in [0.717, 1.165) is 0 Å². The quantitative estimate of drug-likeness (QED) is 0.418. The molecule has 0 spiro atoms. The number of rotatable bonds is 1. The summed E-state index contributed by atoms with van der Waals surface area (Å²) < 4.78 is 4.32. The number of amidine groups is 1. The van der Waals surface area contributed by atoms with E-state index in [1.165, 1.54) is 7.11 Å². The van der Waals surface area contributed by atoms with Gasteiger partial charge in [-0.25, -0.2) is 9.59 Å². The predicted molar refractivity (Wildman–Crippen MR) is 35.2 cm³/mol. The van der Waals surface area contributed by atoms with Gasteiger partial charge >= 0.3 is 12.0 Å². The number of hydrogen-bond donors (Lipinski definition) is 3. The molecule has 6 heteroatoms. The van der Waals surface area contributed by atoms with Crippen molar-refractivity contribution in [3.63, 3.8) is 0 Å². The molecule has 0 bridgehead atoms. The molecular formula is C5H7N3O3. The molecule has 1 unspecified atom stereocenters. The first-order chi connectivity index (χ1) is 5.15. The number of urea groups is 1. The molecule has 1 rings (SSSR count). The fourth-order valence-corrected chi connectivity index (χ4v) is 0.728. The molecule has 1 atom stereocenters. The number of methoxy groups -OCH3 is 1. The molecular weight excluding hydrogens is 150 g/mol. The Hall–Kier alpha value is -1.59. The average Bonchev–Trinajstić information content (AvgIpc) is 2.28. The van der Waals surface area contributed by atoms with Crippen molar-refractivity contribution in [1.29, 1.82) is 5.41 Å². The van der Waals surface area contributed by atoms with Crippen LogP contribution in [0.2, 0.25) is 0 Å². The largest absolute Gasteiger partial charge is 0.467 e. The highest BCUT2D eigenvalue weighted by Crippen LogP contribution is 1.94. The van der Waals surface area contributed by atoms with Crippen molar-refractivity contribution in [3.8, 4) is 0 Å². The van der Waals surface area contributed by atoms with E-state index in [9.17, 15) is 9.59 Å². The summed E-state index contributed by atoms with van der Waals surface area (Å²) in [6.07, 6.45) is 0. The Balaban J connectivity index is 2.67. The molecule has 11 heavy (non-hydrogen) atoms. The number of amides is 2. The maximum absolute atomic E-state index is 10.8. The lowest BCUT2D eigenvalue weighted by Gasteiger charge is -2.03. The second-order valence-corrected chi connectivity index (χ2v) is 1.97. The highest BCUT2D eigenvalue weighted by molar-refractivity contribution is 6.15. The Morgan fingerprint density at radius 3 is 2.73 bits per heavy atom. The lowest BCUT2D eigenvalue weighted by atomic mass is 10.3. The van der Waals surface area contributed by atoms with Crippen molar-refractivity contribution >= 4 is 17.8 Å². The topological polar surface area (TPSA) is 91.3 Å². The summed E-state index contributed by atoms with van der Waals surface area (Å²) in [6.45, 7) is 0. The van der Waals surface area contributed by atoms with Crippen LogP contribution in [0, 0.1) is 5.41 Å². The van der Waals surface area contributed by atoms with Gasteiger partial charge in [-0.15, -0.1) is 0 Å². The number of ether oxygens (including phenoxy) is 1. The van der Waals surface area contributed by atoms with E-state index in [1.54, 1.807) is 0 Å². The highest BCUT2D eigenvalue weighted by atomic mass is 16.5. The van der Waals surface area contributed by atoms with E-state index >= 15 is 0 Å². The molecule has 1 heterocycles. The Labute approximate surface area is 62.4 Å². The van der Waals surface area contributed by atoms with Crippen LogP contribution in [0.25, 0.3) is 0 Å². The lowest BCUT2D eigenvalue weighted by Crippen LogP contribution is -2.37. The van der Waals surface area contributed by atoms with Crippen molar-refractivity contribution in [2.24, 2.45) is 0 Å². The summed E-state index contributed by atoms with van der Waals surface area (Å²) in [7, 11) is 1.19. The smallest absolute Gasteiger partial charge is 0.336 e. The van der Waals surface area contributed by atoms with Gasteiger partial charge in [0.25, 0.3) is 0 Å². The van der Waals surface area contributed by atoms with Crippen LogP contribution in [0.3, 0.4) is 0 Å². The molecule has 0 aromatic heterocycles. The van der Waals surface area contributed by atoms with Crippen LogP contribution in [0.4, 0.5) is 4.79 Å². The third-order valence-electron chi connectivity index (χ3n) is 1.25. The van der Waals surface area contributed by atoms with Crippen LogP contribution in [0.5, 0.6) is 0 Å². The first-order valence-electron chi connectivity index (χ1n) is 2.89. The van der Waals surface area contributed by atoms with E-state index in [0.29, 0.717) is 0 Å². The number of carbonyl (C=O) groups is 2. The first-order valence-corrected chi connectivity index (χ1v) is 2.89. The van der Waals surface area contributed by atoms with Gasteiger partial charge in [-0.1, -0.05) is 0 Å². The maximum Gasteiger partial charge on any atom is 0.336 e. The monoisotopic (exact) mass is 157 g/mol. The molecule has 3 N–H and O–H groups in total. The van der Waals surface area contributed by atoms with Crippen LogP contribution in [0.15, 0.2) is 0 Å². The summed E-state index contributed by atoms with van der Waals surface area (Å²) >= 11 is 0. The minimum Gasteiger partial charge on any atom is -0.467 e. The number of esters is 1. The lowest BCUT2D eigenvalue weighted by molar-refractivity contribution is -0.140. The van der Waals surface area contributed by atoms with Gasteiger partial charge in [0.05, 0.1) is 7.11 Å². The van der Waals surface area contributed by atoms with Crippen LogP contribution in [-0.2, 0) is 9.53 Å². The van der Waals surface area contributed by atoms with Gasteiger partial charge in [-0.05, 0) is 0 Å². The zero-order valence-electron chi connectivity index (χ0n) is 5.80. The van der Waals surface area contributed by atoms with Crippen molar-refractivity contribution in [1.82, 2.24) is 10.6 Å². The van der Waals surface area contributed by atoms with E-state index < -0.39 is 18.0 Å². The van der Waals surface area contributed by atoms with Gasteiger partial charge in [0.15, 0.2) is 6.04 Å². The second-order valence-electron chi connectivity index (χ2n) is 1.97. The normalized spacial score (nSPS) is 22.5. The van der Waals surface area contributed by atoms with Crippen LogP contribution in [-0.4, -0.2) is 31.0 Å². The van der Waals surface area contributed by atoms with Crippen LogP contribution >= 0.6 is 0 Å². The molecule has 0 aromatic rings. The van der Waals surface area contributed by atoms with Crippen LogP contribution in [0.1, 0.15) is 0 Å². The Morgan fingerprint density at radius 1 is 1.73 bits per heavy atom. The number of nitrogens with one attached hydrogen (secondary N) is 3. The molecule has 0 aromatic carbocycles. The van der Waals surface area contributed by atoms with Gasteiger partial charge in [-0.2, -0.15) is 0 Å². The average molecular weight is 157 g/mol. The van der Waals surface area contributed by atoms with E-state index in [-0.39, 0.29) is 5.84 Å². The van der Waals surface area contributed by atoms with E-state index in [2.05, 4.69) is 15.4 Å². The summed E-state index contributed by atoms with van der Waals surface area (Å²) in [4.78, 5) is 21.3. The molecule has 1 aliphatic heterocycles. The van der Waals surface area contributed by atoms with Gasteiger partial charge in [0.2, 0.25) is 0 Å². The predicted octanol–water partition coefficient (Wildman–Crippen LogP) is -1.18. The molecule has 0 aliphatic carbocycles. The third kappa shape index (κ3) is 1.28. The Morgan fingerprint density at radius 2 is 2.36 bits per heavy atom. The number of hydrogen-bond acceptors (Lipinski definition) is 4. The fraction of sp³-hybridized carbons (Fsp3) is 0.400. The minimum absolute atomic E-state index is 0.179. The third-order valence-corrected chi connectivity index (χ3v) is 1.25. The number of carbonyl (C=O) groups excluding carboxylic acids is 2. The Kier molecular flexibility index (Phi) is 1.75. The van der Waals surface area contributed by atoms with Gasteiger partial charge in [0, 0.05) is 0 Å². The molecule has 1 fully saturated rings. The van der Waals surface area contributed by atoms with Crippen molar-refractivity contribution in [3.05, 3.63) is 0 Å². The molecule has 1 aliphatic rings. The summed E-state index contributed by atoms with van der Waals surface area (Å²) in [5.74, 6) is -0.824. The SMILES string of the molecule is COC(=O)C1NC(=O)NC1=N. The maximum atomic E-state index is 10.8. The molecule has 0 saturated carbocycles. The first kappa shape index (κ1) is 7.52. The standard InChI is InChI=1S/C5H7N3O3/c1-11-4(9)2-3(6)8-5(10)7-2/h2H,1H3,(H3,6,7,8,10). The van der Waals surface area contributed by atoms with Crippen molar-refractivity contribution in [2.45, 2.75) is 6.04 Å². The molecule has 6 nitrogen and oxygen atoms in total. The van der Waals surface area contributed by atoms with Gasteiger partial charge < -0.3 is 10.1 Å². The summed E-state index contributed by atoms with van der Waals surface area (Å²) in [6, 6.07) is -1.52. The summed E-state index contributed by atoms with van der Waals surface area (Å²) in [5, 5.41) is 11.4. The van der Waals surface area contributed by atoms with E-state index in [4.69, 9.17) is 5.41 Å². The Bertz CT molecular complexity index is 225. The molecule has 1 saturated heterocycles. The van der Waals surface area contributed by atoms with Crippen LogP contribution < -0.4 is 10.6 Å². The van der Waals surface area contributed by atoms with Crippen molar-refractivity contribution < 1.29 is 14.3 Å². The minimum atomic E-state index is -0.965.